The molecule has 1 aliphatic carbocycles. The van der Waals surface area contributed by atoms with Crippen molar-refractivity contribution in [1.29, 1.82) is 0 Å². The number of halogens is 2. The van der Waals surface area contributed by atoms with Gasteiger partial charge in [0.15, 0.2) is 0 Å². The normalized spacial score (nSPS) is 24.9. The highest BCUT2D eigenvalue weighted by atomic mass is 79.9. The van der Waals surface area contributed by atoms with Crippen molar-refractivity contribution >= 4 is 15.9 Å². The van der Waals surface area contributed by atoms with E-state index < -0.39 is 0 Å². The molecule has 0 heterocycles. The van der Waals surface area contributed by atoms with Crippen LogP contribution < -0.4 is 5.73 Å². The molecule has 1 aliphatic rings. The Morgan fingerprint density at radius 1 is 1.18 bits per heavy atom. The Morgan fingerprint density at radius 3 is 2.53 bits per heavy atom. The lowest BCUT2D eigenvalue weighted by Gasteiger charge is -2.30. The molecule has 0 radical (unpaired) electrons. The first-order chi connectivity index (χ1) is 8.19. The van der Waals surface area contributed by atoms with Crippen molar-refractivity contribution in [3.05, 3.63) is 34.1 Å². The summed E-state index contributed by atoms with van der Waals surface area (Å²) in [6.45, 7) is 0.765. The molecule has 0 bridgehead atoms. The van der Waals surface area contributed by atoms with Crippen LogP contribution in [0, 0.1) is 17.7 Å². The Kier molecular flexibility index (Phi) is 4.57. The zero-order chi connectivity index (χ0) is 12.3. The standard InChI is InChI=1S/C14H19BrFN/c15-13-6-10(7-14(16)8-13)5-11-3-1-2-4-12(11)9-17/h6-8,11-12H,1-5,9,17H2. The lowest BCUT2D eigenvalue weighted by molar-refractivity contribution is 0.242. The lowest BCUT2D eigenvalue weighted by atomic mass is 9.76. The summed E-state index contributed by atoms with van der Waals surface area (Å²) >= 11 is 3.35. The highest BCUT2D eigenvalue weighted by Crippen LogP contribution is 2.32. The van der Waals surface area contributed by atoms with E-state index in [2.05, 4.69) is 15.9 Å². The summed E-state index contributed by atoms with van der Waals surface area (Å²) in [6, 6.07) is 5.17. The van der Waals surface area contributed by atoms with Gasteiger partial charge in [0, 0.05) is 4.47 Å². The average Bonchev–Trinajstić information content (AvgIpc) is 2.28. The van der Waals surface area contributed by atoms with Gasteiger partial charge in [-0.15, -0.1) is 0 Å². The topological polar surface area (TPSA) is 26.0 Å². The minimum Gasteiger partial charge on any atom is -0.330 e. The Morgan fingerprint density at radius 2 is 1.88 bits per heavy atom. The molecule has 1 saturated carbocycles. The van der Waals surface area contributed by atoms with Crippen LogP contribution in [0.1, 0.15) is 31.2 Å². The van der Waals surface area contributed by atoms with E-state index in [1.807, 2.05) is 6.07 Å². The lowest BCUT2D eigenvalue weighted by Crippen LogP contribution is -2.28. The molecule has 2 rings (SSSR count). The fourth-order valence-corrected chi connectivity index (χ4v) is 3.41. The Balaban J connectivity index is 2.08. The Hall–Kier alpha value is -0.410. The molecular weight excluding hydrogens is 281 g/mol. The van der Waals surface area contributed by atoms with Crippen molar-refractivity contribution in [3.63, 3.8) is 0 Å². The van der Waals surface area contributed by atoms with Crippen molar-refractivity contribution in [3.8, 4) is 0 Å². The second kappa shape index (κ2) is 5.96. The van der Waals surface area contributed by atoms with Gasteiger partial charge < -0.3 is 5.73 Å². The van der Waals surface area contributed by atoms with Gasteiger partial charge in [-0.1, -0.05) is 28.8 Å². The largest absolute Gasteiger partial charge is 0.330 e. The fourth-order valence-electron chi connectivity index (χ4n) is 2.90. The maximum absolute atomic E-state index is 13.3. The summed E-state index contributed by atoms with van der Waals surface area (Å²) in [5, 5.41) is 0. The van der Waals surface area contributed by atoms with E-state index in [1.165, 1.54) is 31.7 Å². The molecular formula is C14H19BrFN. The van der Waals surface area contributed by atoms with E-state index in [4.69, 9.17) is 5.73 Å². The summed E-state index contributed by atoms with van der Waals surface area (Å²) < 4.78 is 14.1. The summed E-state index contributed by atoms with van der Waals surface area (Å²) in [6.07, 6.45) is 6.01. The zero-order valence-electron chi connectivity index (χ0n) is 9.96. The zero-order valence-corrected chi connectivity index (χ0v) is 11.5. The highest BCUT2D eigenvalue weighted by molar-refractivity contribution is 9.10. The summed E-state index contributed by atoms with van der Waals surface area (Å²) in [7, 11) is 0. The van der Waals surface area contributed by atoms with Crippen molar-refractivity contribution < 1.29 is 4.39 Å². The molecule has 0 aromatic heterocycles. The molecule has 1 fully saturated rings. The molecule has 1 aromatic carbocycles. The number of benzene rings is 1. The van der Waals surface area contributed by atoms with E-state index in [-0.39, 0.29) is 5.82 Å². The Labute approximate surface area is 111 Å². The molecule has 0 saturated heterocycles. The third-order valence-electron chi connectivity index (χ3n) is 3.79. The van der Waals surface area contributed by atoms with Crippen molar-refractivity contribution in [1.82, 2.24) is 0 Å². The van der Waals surface area contributed by atoms with Crippen LogP contribution in [0.25, 0.3) is 0 Å². The van der Waals surface area contributed by atoms with Gasteiger partial charge >= 0.3 is 0 Å². The van der Waals surface area contributed by atoms with Gasteiger partial charge in [-0.25, -0.2) is 4.39 Å². The SMILES string of the molecule is NCC1CCCCC1Cc1cc(F)cc(Br)c1. The Bertz CT molecular complexity index is 360. The summed E-state index contributed by atoms with van der Waals surface area (Å²) in [4.78, 5) is 0. The maximum atomic E-state index is 13.3. The molecule has 2 N–H and O–H groups in total. The number of nitrogens with two attached hydrogens (primary N) is 1. The quantitative estimate of drug-likeness (QED) is 0.900. The molecule has 1 aromatic rings. The smallest absolute Gasteiger partial charge is 0.124 e. The molecule has 0 spiro atoms. The van der Waals surface area contributed by atoms with Crippen molar-refractivity contribution in [2.75, 3.05) is 6.54 Å². The molecule has 17 heavy (non-hydrogen) atoms. The first-order valence-corrected chi connectivity index (χ1v) is 7.13. The van der Waals surface area contributed by atoms with Gasteiger partial charge in [0.1, 0.15) is 5.82 Å². The number of rotatable bonds is 3. The van der Waals surface area contributed by atoms with E-state index in [0.29, 0.717) is 11.8 Å². The second-order valence-corrected chi connectivity index (χ2v) is 5.94. The van der Waals surface area contributed by atoms with Crippen LogP contribution in [0.4, 0.5) is 4.39 Å². The number of hydrogen-bond donors (Lipinski definition) is 1. The van der Waals surface area contributed by atoms with Crippen LogP contribution in [0.5, 0.6) is 0 Å². The molecule has 94 valence electrons. The van der Waals surface area contributed by atoms with E-state index in [0.717, 1.165) is 23.0 Å². The van der Waals surface area contributed by atoms with Crippen LogP contribution in [0.2, 0.25) is 0 Å². The van der Waals surface area contributed by atoms with Gasteiger partial charge in [0.05, 0.1) is 0 Å². The molecule has 2 atom stereocenters. The molecule has 3 heteroatoms. The van der Waals surface area contributed by atoms with Gasteiger partial charge in [-0.05, 0) is 61.4 Å². The van der Waals surface area contributed by atoms with E-state index in [9.17, 15) is 4.39 Å². The predicted octanol–water partition coefficient (Wildman–Crippen LogP) is 3.90. The van der Waals surface area contributed by atoms with Gasteiger partial charge in [-0.2, -0.15) is 0 Å². The summed E-state index contributed by atoms with van der Waals surface area (Å²) in [5.41, 5.74) is 6.91. The van der Waals surface area contributed by atoms with Gasteiger partial charge in [0.25, 0.3) is 0 Å². The van der Waals surface area contributed by atoms with E-state index in [1.54, 1.807) is 6.07 Å². The first-order valence-electron chi connectivity index (χ1n) is 6.34. The van der Waals surface area contributed by atoms with Gasteiger partial charge in [0.2, 0.25) is 0 Å². The monoisotopic (exact) mass is 299 g/mol. The maximum Gasteiger partial charge on any atom is 0.124 e. The van der Waals surface area contributed by atoms with Crippen molar-refractivity contribution in [2.45, 2.75) is 32.1 Å². The van der Waals surface area contributed by atoms with Gasteiger partial charge in [-0.3, -0.25) is 0 Å². The van der Waals surface area contributed by atoms with Crippen LogP contribution >= 0.6 is 15.9 Å². The second-order valence-electron chi connectivity index (χ2n) is 5.02. The number of hydrogen-bond acceptors (Lipinski definition) is 1. The highest BCUT2D eigenvalue weighted by Gasteiger charge is 2.24. The molecule has 1 nitrogen and oxygen atoms in total. The van der Waals surface area contributed by atoms with Crippen LogP contribution in [0.3, 0.4) is 0 Å². The third-order valence-corrected chi connectivity index (χ3v) is 4.25. The summed E-state index contributed by atoms with van der Waals surface area (Å²) in [5.74, 6) is 1.09. The average molecular weight is 300 g/mol. The molecule has 0 aliphatic heterocycles. The molecule has 2 unspecified atom stereocenters. The third kappa shape index (κ3) is 3.52. The molecule has 0 amide bonds. The van der Waals surface area contributed by atoms with Crippen molar-refractivity contribution in [2.24, 2.45) is 17.6 Å². The minimum absolute atomic E-state index is 0.158. The van der Waals surface area contributed by atoms with Crippen LogP contribution in [0.15, 0.2) is 22.7 Å². The predicted molar refractivity (Wildman–Crippen MR) is 72.3 cm³/mol. The van der Waals surface area contributed by atoms with Crippen LogP contribution in [-0.2, 0) is 6.42 Å². The van der Waals surface area contributed by atoms with Crippen LogP contribution in [-0.4, -0.2) is 6.54 Å². The first kappa shape index (κ1) is 13.0. The van der Waals surface area contributed by atoms with E-state index >= 15 is 0 Å². The minimum atomic E-state index is -0.158. The fraction of sp³-hybridized carbons (Fsp3) is 0.571.